The summed E-state index contributed by atoms with van der Waals surface area (Å²) < 4.78 is 24.2. The van der Waals surface area contributed by atoms with Crippen LogP contribution in [-0.2, 0) is 10.0 Å². The largest absolute Gasteiger partial charge is 0.305 e. The summed E-state index contributed by atoms with van der Waals surface area (Å²) in [5, 5.41) is 3.16. The Balaban J connectivity index is 2.34. The van der Waals surface area contributed by atoms with Gasteiger partial charge in [-0.2, -0.15) is 4.31 Å². The molecule has 98 valence electrons. The maximum absolute atomic E-state index is 11.3. The van der Waals surface area contributed by atoms with Gasteiger partial charge >= 0.3 is 0 Å². The molecule has 5 nitrogen and oxygen atoms in total. The number of nitrogens with one attached hydrogen (secondary N) is 1. The van der Waals surface area contributed by atoms with Crippen molar-refractivity contribution in [3.63, 3.8) is 0 Å². The normalized spacial score (nSPS) is 21.0. The molecular formula is C11H21N3O2S. The van der Waals surface area contributed by atoms with Crippen LogP contribution in [0.4, 0.5) is 0 Å². The Morgan fingerprint density at radius 3 is 2.41 bits per heavy atom. The summed E-state index contributed by atoms with van der Waals surface area (Å²) in [5.41, 5.74) is 0. The minimum atomic E-state index is -3.03. The first-order chi connectivity index (χ1) is 7.95. The highest BCUT2D eigenvalue weighted by molar-refractivity contribution is 7.88. The molecule has 0 aromatic rings. The third-order valence-corrected chi connectivity index (χ3v) is 4.34. The van der Waals surface area contributed by atoms with Crippen molar-refractivity contribution in [1.29, 1.82) is 0 Å². The van der Waals surface area contributed by atoms with Gasteiger partial charge in [0.25, 0.3) is 0 Å². The van der Waals surface area contributed by atoms with Gasteiger partial charge in [0.05, 0.1) is 12.8 Å². The van der Waals surface area contributed by atoms with Gasteiger partial charge in [0.1, 0.15) is 0 Å². The van der Waals surface area contributed by atoms with Gasteiger partial charge < -0.3 is 5.32 Å². The van der Waals surface area contributed by atoms with E-state index >= 15 is 0 Å². The van der Waals surface area contributed by atoms with Crippen molar-refractivity contribution in [2.75, 3.05) is 45.5 Å². The van der Waals surface area contributed by atoms with E-state index in [2.05, 4.69) is 23.1 Å². The highest BCUT2D eigenvalue weighted by Crippen LogP contribution is 2.08. The van der Waals surface area contributed by atoms with Crippen LogP contribution in [0.5, 0.6) is 0 Å². The summed E-state index contributed by atoms with van der Waals surface area (Å²) in [6.45, 7) is 6.27. The Hall–Kier alpha value is -0.610. The van der Waals surface area contributed by atoms with Gasteiger partial charge in [-0.25, -0.2) is 8.42 Å². The fourth-order valence-electron chi connectivity index (χ4n) is 1.96. The predicted molar refractivity (Wildman–Crippen MR) is 69.2 cm³/mol. The average Bonchev–Trinajstić information content (AvgIpc) is 2.28. The van der Waals surface area contributed by atoms with E-state index in [1.54, 1.807) is 0 Å². The summed E-state index contributed by atoms with van der Waals surface area (Å²) in [5.74, 6) is 2.54. The van der Waals surface area contributed by atoms with E-state index in [9.17, 15) is 8.42 Å². The summed E-state index contributed by atoms with van der Waals surface area (Å²) in [6, 6.07) is 0.380. The lowest BCUT2D eigenvalue weighted by atomic mass is 10.2. The van der Waals surface area contributed by atoms with Crippen molar-refractivity contribution >= 4 is 10.0 Å². The topological polar surface area (TPSA) is 52.6 Å². The molecule has 0 aromatic heterocycles. The molecule has 1 N–H and O–H groups in total. The molecule has 0 spiro atoms. The SMILES string of the molecule is C#CCNCC(C)N1CCN(S(C)(=O)=O)CC1. The lowest BCUT2D eigenvalue weighted by Gasteiger charge is -2.36. The number of rotatable bonds is 5. The summed E-state index contributed by atoms with van der Waals surface area (Å²) in [4.78, 5) is 2.28. The zero-order chi connectivity index (χ0) is 12.9. The molecule has 0 saturated carbocycles. The second-order valence-corrected chi connectivity index (χ2v) is 6.36. The number of hydrogen-bond acceptors (Lipinski definition) is 4. The Labute approximate surface area is 104 Å². The Kier molecular flexibility index (Phi) is 5.40. The second kappa shape index (κ2) is 6.36. The van der Waals surface area contributed by atoms with Crippen molar-refractivity contribution in [2.24, 2.45) is 0 Å². The first-order valence-corrected chi connectivity index (χ1v) is 7.63. The van der Waals surface area contributed by atoms with Crippen molar-refractivity contribution < 1.29 is 8.42 Å². The number of piperazine rings is 1. The molecule has 1 aliphatic heterocycles. The second-order valence-electron chi connectivity index (χ2n) is 4.38. The lowest BCUT2D eigenvalue weighted by molar-refractivity contribution is 0.145. The van der Waals surface area contributed by atoms with Gasteiger partial charge in [0.15, 0.2) is 0 Å². The highest BCUT2D eigenvalue weighted by Gasteiger charge is 2.25. The molecule has 17 heavy (non-hydrogen) atoms. The third-order valence-electron chi connectivity index (χ3n) is 3.03. The van der Waals surface area contributed by atoms with Crippen LogP contribution in [0, 0.1) is 12.3 Å². The first-order valence-electron chi connectivity index (χ1n) is 5.78. The molecule has 0 bridgehead atoms. The monoisotopic (exact) mass is 259 g/mol. The minimum Gasteiger partial charge on any atom is -0.305 e. The average molecular weight is 259 g/mol. The molecule has 1 aliphatic rings. The maximum atomic E-state index is 11.3. The molecule has 1 saturated heterocycles. The van der Waals surface area contributed by atoms with Crippen LogP contribution in [0.25, 0.3) is 0 Å². The highest BCUT2D eigenvalue weighted by atomic mass is 32.2. The zero-order valence-corrected chi connectivity index (χ0v) is 11.3. The number of hydrogen-bond donors (Lipinski definition) is 1. The van der Waals surface area contributed by atoms with Crippen LogP contribution in [0.2, 0.25) is 0 Å². The lowest BCUT2D eigenvalue weighted by Crippen LogP contribution is -2.53. The van der Waals surface area contributed by atoms with Gasteiger partial charge in [-0.05, 0) is 6.92 Å². The smallest absolute Gasteiger partial charge is 0.211 e. The van der Waals surface area contributed by atoms with Crippen LogP contribution in [0.1, 0.15) is 6.92 Å². The van der Waals surface area contributed by atoms with Gasteiger partial charge in [-0.15, -0.1) is 6.42 Å². The molecule has 1 fully saturated rings. The van der Waals surface area contributed by atoms with Gasteiger partial charge in [0.2, 0.25) is 10.0 Å². The molecule has 0 amide bonds. The van der Waals surface area contributed by atoms with Crippen LogP contribution in [0.15, 0.2) is 0 Å². The molecular weight excluding hydrogens is 238 g/mol. The predicted octanol–water partition coefficient (Wildman–Crippen LogP) is -0.825. The van der Waals surface area contributed by atoms with Crippen LogP contribution in [-0.4, -0.2) is 69.2 Å². The first kappa shape index (κ1) is 14.5. The number of terminal acetylenes is 1. The van der Waals surface area contributed by atoms with Crippen LogP contribution in [0.3, 0.4) is 0 Å². The minimum absolute atomic E-state index is 0.380. The van der Waals surface area contributed by atoms with Gasteiger partial charge in [0, 0.05) is 38.8 Å². The maximum Gasteiger partial charge on any atom is 0.211 e. The summed E-state index contributed by atoms with van der Waals surface area (Å²) in [7, 11) is -3.03. The van der Waals surface area contributed by atoms with Crippen molar-refractivity contribution in [1.82, 2.24) is 14.5 Å². The molecule has 1 rings (SSSR count). The Morgan fingerprint density at radius 1 is 1.35 bits per heavy atom. The van der Waals surface area contributed by atoms with Crippen molar-refractivity contribution in [3.8, 4) is 12.3 Å². The molecule has 0 aliphatic carbocycles. The fourth-order valence-corrected chi connectivity index (χ4v) is 2.78. The molecule has 0 radical (unpaired) electrons. The quantitative estimate of drug-likeness (QED) is 0.517. The van der Waals surface area contributed by atoms with E-state index in [0.717, 1.165) is 19.6 Å². The standard InChI is InChI=1S/C11H21N3O2S/c1-4-5-12-10-11(2)13-6-8-14(9-7-13)17(3,15)16/h1,11-12H,5-10H2,2-3H3. The molecule has 1 atom stereocenters. The zero-order valence-electron chi connectivity index (χ0n) is 10.5. The summed E-state index contributed by atoms with van der Waals surface area (Å²) in [6.07, 6.45) is 6.42. The number of nitrogens with zero attached hydrogens (tertiary/aromatic N) is 2. The van der Waals surface area contributed by atoms with Crippen LogP contribution >= 0.6 is 0 Å². The Morgan fingerprint density at radius 2 is 1.94 bits per heavy atom. The van der Waals surface area contributed by atoms with Gasteiger partial charge in [-0.1, -0.05) is 5.92 Å². The van der Waals surface area contributed by atoms with Crippen molar-refractivity contribution in [3.05, 3.63) is 0 Å². The van der Waals surface area contributed by atoms with Crippen LogP contribution < -0.4 is 5.32 Å². The van der Waals surface area contributed by atoms with Crippen molar-refractivity contribution in [2.45, 2.75) is 13.0 Å². The third kappa shape index (κ3) is 4.64. The van der Waals surface area contributed by atoms with Gasteiger partial charge in [-0.3, -0.25) is 4.90 Å². The van der Waals surface area contributed by atoms with E-state index < -0.39 is 10.0 Å². The van der Waals surface area contributed by atoms with E-state index in [-0.39, 0.29) is 0 Å². The molecule has 1 unspecified atom stereocenters. The van der Waals surface area contributed by atoms with E-state index in [0.29, 0.717) is 25.7 Å². The number of sulfonamides is 1. The van der Waals surface area contributed by atoms with E-state index in [4.69, 9.17) is 6.42 Å². The summed E-state index contributed by atoms with van der Waals surface area (Å²) >= 11 is 0. The van der Waals surface area contributed by atoms with E-state index in [1.165, 1.54) is 10.6 Å². The fraction of sp³-hybridized carbons (Fsp3) is 0.818. The molecule has 1 heterocycles. The molecule has 6 heteroatoms. The molecule has 0 aromatic carbocycles. The van der Waals surface area contributed by atoms with E-state index in [1.807, 2.05) is 0 Å². The Bertz CT molecular complexity index is 367.